The van der Waals surface area contributed by atoms with E-state index in [9.17, 15) is 0 Å². The second-order valence-corrected chi connectivity index (χ2v) is 4.68. The van der Waals surface area contributed by atoms with Crippen LogP contribution in [-0.2, 0) is 0 Å². The third-order valence-electron chi connectivity index (χ3n) is 0.500. The van der Waals surface area contributed by atoms with Crippen molar-refractivity contribution in [3.63, 3.8) is 0 Å². The summed E-state index contributed by atoms with van der Waals surface area (Å²) in [6.45, 7) is 0. The van der Waals surface area contributed by atoms with Crippen LogP contribution < -0.4 is 0 Å². The molecular weight excluding hydrogens is 86.0 g/mol. The van der Waals surface area contributed by atoms with E-state index in [1.54, 1.807) is 12.3 Å². The van der Waals surface area contributed by atoms with E-state index in [-0.39, 0.29) is 0 Å². The minimum Gasteiger partial charge on any atom is -0.0989 e. The van der Waals surface area contributed by atoms with Gasteiger partial charge in [-0.05, 0) is 12.3 Å². The zero-order valence-corrected chi connectivity index (χ0v) is 4.41. The molecule has 0 radical (unpaired) electrons. The van der Waals surface area contributed by atoms with Crippen molar-refractivity contribution in [1.82, 2.24) is 0 Å². The van der Waals surface area contributed by atoms with Gasteiger partial charge in [0.05, 0.1) is 0 Å². The minimum absolute atomic E-state index is 1.35. The summed E-state index contributed by atoms with van der Waals surface area (Å²) in [6, 6.07) is 0. The molecule has 0 N–H and O–H groups in total. The van der Waals surface area contributed by atoms with E-state index in [0.29, 0.717) is 0 Å². The van der Waals surface area contributed by atoms with Gasteiger partial charge in [0.25, 0.3) is 0 Å². The maximum Gasteiger partial charge on any atom is -0.0277 e. The van der Waals surface area contributed by atoms with Crippen molar-refractivity contribution < 1.29 is 0 Å². The number of hydrogen-bond acceptors (Lipinski definition) is 0. The highest BCUT2D eigenvalue weighted by Gasteiger charge is 1.94. The quantitative estimate of drug-likeness (QED) is 0.395. The Morgan fingerprint density at radius 2 is 1.25 bits per heavy atom. The van der Waals surface area contributed by atoms with Crippen LogP contribution in [0.2, 0.25) is 0 Å². The fourth-order valence-corrected chi connectivity index (χ4v) is 1.12. The van der Waals surface area contributed by atoms with Crippen LogP contribution >= 0.6 is 16.5 Å². The number of rotatable bonds is 0. The van der Waals surface area contributed by atoms with E-state index < -0.39 is 0 Å². The van der Waals surface area contributed by atoms with E-state index in [2.05, 4.69) is 0 Å². The predicted molar refractivity (Wildman–Crippen MR) is 26.4 cm³/mol. The van der Waals surface area contributed by atoms with Gasteiger partial charge in [0.15, 0.2) is 0 Å². The molecule has 0 bridgehead atoms. The molecule has 1 heterocycles. The first kappa shape index (κ1) is 3.07. The maximum absolute atomic E-state index is 1.54. The monoisotopic (exact) mass is 92.0 g/mol. The van der Waals surface area contributed by atoms with E-state index in [0.717, 1.165) is 0 Å². The van der Waals surface area contributed by atoms with Crippen LogP contribution in [-0.4, -0.2) is 12.3 Å². The normalized spacial score (nSPS) is 36.0. The Labute approximate surface area is 29.8 Å². The first-order chi connectivity index (χ1) is 2.00. The fourth-order valence-electron chi connectivity index (χ4n) is 0.125. The minimum atomic E-state index is 1.35. The van der Waals surface area contributed by atoms with Gasteiger partial charge in [-0.1, -0.05) is 16.5 Å². The molecule has 0 amide bonds. The van der Waals surface area contributed by atoms with Gasteiger partial charge >= 0.3 is 0 Å². The zero-order valence-electron chi connectivity index (χ0n) is 2.41. The Bertz CT molecular complexity index is 12.0. The Morgan fingerprint density at radius 3 is 1.25 bits per heavy atom. The van der Waals surface area contributed by atoms with Gasteiger partial charge in [-0.25, -0.2) is 0 Å². The van der Waals surface area contributed by atoms with Crippen molar-refractivity contribution in [2.75, 3.05) is 12.3 Å². The van der Waals surface area contributed by atoms with Gasteiger partial charge in [-0.3, -0.25) is 0 Å². The van der Waals surface area contributed by atoms with Gasteiger partial charge in [-0.2, -0.15) is 0 Å². The van der Waals surface area contributed by atoms with Crippen molar-refractivity contribution >= 4 is 16.5 Å². The topological polar surface area (TPSA) is 0 Å². The summed E-state index contributed by atoms with van der Waals surface area (Å²) in [6.07, 6.45) is 3.08. The van der Waals surface area contributed by atoms with E-state index in [1.807, 2.05) is 0 Å². The van der Waals surface area contributed by atoms with Crippen molar-refractivity contribution in [3.05, 3.63) is 0 Å². The Hall–Kier alpha value is 0.860. The van der Waals surface area contributed by atoms with Gasteiger partial charge in [0.1, 0.15) is 0 Å². The Kier molecular flexibility index (Phi) is 1.02. The molecule has 0 saturated carbocycles. The van der Waals surface area contributed by atoms with Crippen LogP contribution in [0.1, 0.15) is 0 Å². The van der Waals surface area contributed by atoms with Crippen LogP contribution in [0.4, 0.5) is 0 Å². The SMILES string of the molecule is C1CPP1. The highest BCUT2D eigenvalue weighted by molar-refractivity contribution is 8.15. The first-order valence-electron chi connectivity index (χ1n) is 1.46. The van der Waals surface area contributed by atoms with E-state index >= 15 is 0 Å². The average Bonchev–Trinajstić information content (AvgIpc) is 0.722. The van der Waals surface area contributed by atoms with Crippen LogP contribution in [0.25, 0.3) is 0 Å². The molecule has 0 aromatic carbocycles. The molecule has 24 valence electrons. The second-order valence-electron chi connectivity index (χ2n) is 0.854. The Balaban J connectivity index is 2.00. The van der Waals surface area contributed by atoms with Crippen molar-refractivity contribution in [3.8, 4) is 0 Å². The standard InChI is InChI=1S/C2H6P2/c1-2-4-3-1/h3-4H,1-2H2. The molecular formula is C2H6P2. The van der Waals surface area contributed by atoms with Crippen molar-refractivity contribution in [2.24, 2.45) is 0 Å². The summed E-state index contributed by atoms with van der Waals surface area (Å²) in [4.78, 5) is 0. The van der Waals surface area contributed by atoms with Gasteiger partial charge in [0.2, 0.25) is 0 Å². The highest BCUT2D eigenvalue weighted by atomic mass is 32.0. The van der Waals surface area contributed by atoms with Crippen LogP contribution in [0.15, 0.2) is 0 Å². The van der Waals surface area contributed by atoms with E-state index in [1.165, 1.54) is 16.5 Å². The molecule has 2 unspecified atom stereocenters. The molecule has 0 nitrogen and oxygen atoms in total. The summed E-state index contributed by atoms with van der Waals surface area (Å²) in [5, 5.41) is 0. The maximum atomic E-state index is 1.54. The molecule has 0 aromatic rings. The highest BCUT2D eigenvalue weighted by Crippen LogP contribution is 2.46. The summed E-state index contributed by atoms with van der Waals surface area (Å²) in [5.74, 6) is 0. The molecule has 0 spiro atoms. The molecule has 4 heavy (non-hydrogen) atoms. The second kappa shape index (κ2) is 1.34. The third kappa shape index (κ3) is 0.419. The lowest BCUT2D eigenvalue weighted by Gasteiger charge is -2.06. The number of hydrogen-bond donors (Lipinski definition) is 0. The molecule has 1 aliphatic rings. The molecule has 2 heteroatoms. The third-order valence-corrected chi connectivity index (χ3v) is 4.50. The lowest BCUT2D eigenvalue weighted by atomic mass is 11.0. The lowest BCUT2D eigenvalue weighted by molar-refractivity contribution is 1.53. The molecule has 0 aliphatic carbocycles. The predicted octanol–water partition coefficient (Wildman–Crippen LogP) is 1.27. The molecule has 2 atom stereocenters. The summed E-state index contributed by atoms with van der Waals surface area (Å²) in [5.41, 5.74) is 0. The average molecular weight is 92.0 g/mol. The molecule has 1 aliphatic heterocycles. The van der Waals surface area contributed by atoms with Gasteiger partial charge in [-0.15, -0.1) is 0 Å². The van der Waals surface area contributed by atoms with Crippen molar-refractivity contribution in [1.29, 1.82) is 0 Å². The molecule has 0 aromatic heterocycles. The van der Waals surface area contributed by atoms with Crippen molar-refractivity contribution in [2.45, 2.75) is 0 Å². The molecule has 1 saturated heterocycles. The fraction of sp³-hybridized carbons (Fsp3) is 1.00. The van der Waals surface area contributed by atoms with Crippen LogP contribution in [0, 0.1) is 0 Å². The summed E-state index contributed by atoms with van der Waals surface area (Å²) < 4.78 is 0. The van der Waals surface area contributed by atoms with Gasteiger partial charge in [0, 0.05) is 0 Å². The Morgan fingerprint density at radius 1 is 1.00 bits per heavy atom. The smallest absolute Gasteiger partial charge is 0.0277 e. The largest absolute Gasteiger partial charge is 0.0989 e. The van der Waals surface area contributed by atoms with Crippen LogP contribution in [0.5, 0.6) is 0 Å². The molecule has 1 fully saturated rings. The van der Waals surface area contributed by atoms with E-state index in [4.69, 9.17) is 0 Å². The lowest BCUT2D eigenvalue weighted by Crippen LogP contribution is -1.80. The molecule has 1 rings (SSSR count). The zero-order chi connectivity index (χ0) is 2.83. The first-order valence-corrected chi connectivity index (χ1v) is 4.87. The van der Waals surface area contributed by atoms with Crippen LogP contribution in [0.3, 0.4) is 0 Å². The summed E-state index contributed by atoms with van der Waals surface area (Å²) >= 11 is 0. The summed E-state index contributed by atoms with van der Waals surface area (Å²) in [7, 11) is 2.70. The van der Waals surface area contributed by atoms with Gasteiger partial charge < -0.3 is 0 Å².